The van der Waals surface area contributed by atoms with Crippen LogP contribution in [0.3, 0.4) is 0 Å². The van der Waals surface area contributed by atoms with Gasteiger partial charge in [0.05, 0.1) is 6.20 Å². The maximum atomic E-state index is 12.2. The first kappa shape index (κ1) is 13.6. The van der Waals surface area contributed by atoms with Gasteiger partial charge < -0.3 is 0 Å². The molecule has 0 aliphatic rings. The second-order valence-electron chi connectivity index (χ2n) is 4.72. The highest BCUT2D eigenvalue weighted by atomic mass is 32.2. The summed E-state index contributed by atoms with van der Waals surface area (Å²) in [7, 11) is -3.57. The number of rotatable bonds is 4. The van der Waals surface area contributed by atoms with Gasteiger partial charge in [0.2, 0.25) is 0 Å². The second kappa shape index (κ2) is 5.05. The molecule has 0 fully saturated rings. The Morgan fingerprint density at radius 2 is 1.84 bits per heavy atom. The lowest BCUT2D eigenvalue weighted by Crippen LogP contribution is -2.12. The molecule has 0 bridgehead atoms. The molecule has 1 aromatic heterocycles. The van der Waals surface area contributed by atoms with E-state index in [4.69, 9.17) is 0 Å². The molecular weight excluding hydrogens is 262 g/mol. The third-order valence-corrected chi connectivity index (χ3v) is 4.06. The van der Waals surface area contributed by atoms with Gasteiger partial charge in [-0.1, -0.05) is 17.7 Å². The van der Waals surface area contributed by atoms with Crippen molar-refractivity contribution in [3.63, 3.8) is 0 Å². The van der Waals surface area contributed by atoms with Crippen LogP contribution in [0.2, 0.25) is 0 Å². The third kappa shape index (κ3) is 3.14. The minimum Gasteiger partial charge on any atom is -0.280 e. The van der Waals surface area contributed by atoms with Crippen LogP contribution in [0.15, 0.2) is 41.6 Å². The first-order valence-electron chi connectivity index (χ1n) is 6.02. The topological polar surface area (TPSA) is 64.0 Å². The minimum atomic E-state index is -3.57. The molecule has 1 N–H and O–H groups in total. The van der Waals surface area contributed by atoms with E-state index >= 15 is 0 Å². The van der Waals surface area contributed by atoms with E-state index < -0.39 is 10.0 Å². The van der Waals surface area contributed by atoms with E-state index in [1.807, 2.05) is 32.9 Å². The highest BCUT2D eigenvalue weighted by Gasteiger charge is 2.17. The summed E-state index contributed by atoms with van der Waals surface area (Å²) >= 11 is 0. The number of aryl methyl sites for hydroxylation is 1. The molecule has 19 heavy (non-hydrogen) atoms. The van der Waals surface area contributed by atoms with Gasteiger partial charge in [-0.3, -0.25) is 9.40 Å². The predicted molar refractivity (Wildman–Crippen MR) is 74.6 cm³/mol. The summed E-state index contributed by atoms with van der Waals surface area (Å²) in [5, 5.41) is 4.04. The van der Waals surface area contributed by atoms with Crippen LogP contribution in [-0.2, 0) is 10.0 Å². The lowest BCUT2D eigenvalue weighted by molar-refractivity contribution is 0.531. The zero-order chi connectivity index (χ0) is 14.0. The van der Waals surface area contributed by atoms with Gasteiger partial charge in [-0.05, 0) is 32.9 Å². The summed E-state index contributed by atoms with van der Waals surface area (Å²) in [6, 6.07) is 7.31. The Kier molecular flexibility index (Phi) is 3.61. The summed E-state index contributed by atoms with van der Waals surface area (Å²) in [6.07, 6.45) is 2.89. The van der Waals surface area contributed by atoms with Crippen LogP contribution < -0.4 is 4.72 Å². The number of nitrogens with one attached hydrogen (secondary N) is 1. The largest absolute Gasteiger partial charge is 0.280 e. The molecule has 0 saturated carbocycles. The average Bonchev–Trinajstić information content (AvgIpc) is 2.82. The van der Waals surface area contributed by atoms with Gasteiger partial charge in [0.1, 0.15) is 4.90 Å². The van der Waals surface area contributed by atoms with Gasteiger partial charge >= 0.3 is 0 Å². The highest BCUT2D eigenvalue weighted by molar-refractivity contribution is 7.92. The lowest BCUT2D eigenvalue weighted by Gasteiger charge is -2.06. The number of hydrogen-bond donors (Lipinski definition) is 1. The SMILES string of the molecule is Cc1ccc(NS(=O)(=O)c2cnn(C(C)C)c2)cc1. The molecule has 6 heteroatoms. The normalized spacial score (nSPS) is 11.8. The molecule has 1 heterocycles. The minimum absolute atomic E-state index is 0.128. The molecule has 2 rings (SSSR count). The predicted octanol–water partition coefficient (Wildman–Crippen LogP) is 2.57. The monoisotopic (exact) mass is 279 g/mol. The van der Waals surface area contributed by atoms with E-state index in [0.29, 0.717) is 5.69 Å². The zero-order valence-electron chi connectivity index (χ0n) is 11.2. The molecule has 0 radical (unpaired) electrons. The maximum absolute atomic E-state index is 12.2. The maximum Gasteiger partial charge on any atom is 0.265 e. The quantitative estimate of drug-likeness (QED) is 0.935. The Bertz CT molecular complexity index is 657. The van der Waals surface area contributed by atoms with Crippen molar-refractivity contribution in [2.24, 2.45) is 0 Å². The Labute approximate surface area is 113 Å². The van der Waals surface area contributed by atoms with Crippen LogP contribution in [-0.4, -0.2) is 18.2 Å². The van der Waals surface area contributed by atoms with Crippen molar-refractivity contribution in [1.82, 2.24) is 9.78 Å². The van der Waals surface area contributed by atoms with Gasteiger partial charge in [-0.15, -0.1) is 0 Å². The number of aromatic nitrogens is 2. The first-order chi connectivity index (χ1) is 8.88. The van der Waals surface area contributed by atoms with E-state index in [1.165, 1.54) is 12.4 Å². The molecule has 0 aliphatic heterocycles. The van der Waals surface area contributed by atoms with Crippen molar-refractivity contribution in [2.75, 3.05) is 4.72 Å². The van der Waals surface area contributed by atoms with Gasteiger partial charge in [0.15, 0.2) is 0 Å². The molecule has 1 aromatic carbocycles. The van der Waals surface area contributed by atoms with E-state index in [9.17, 15) is 8.42 Å². The van der Waals surface area contributed by atoms with Crippen LogP contribution in [0.5, 0.6) is 0 Å². The standard InChI is InChI=1S/C13H17N3O2S/c1-10(2)16-9-13(8-14-16)19(17,18)15-12-6-4-11(3)5-7-12/h4-10,15H,1-3H3. The van der Waals surface area contributed by atoms with Gasteiger partial charge in [0.25, 0.3) is 10.0 Å². The summed E-state index contributed by atoms with van der Waals surface area (Å²) < 4.78 is 28.5. The molecule has 0 unspecified atom stereocenters. The fourth-order valence-electron chi connectivity index (χ4n) is 1.58. The lowest BCUT2D eigenvalue weighted by atomic mass is 10.2. The average molecular weight is 279 g/mol. The van der Waals surface area contributed by atoms with Gasteiger partial charge in [0, 0.05) is 17.9 Å². The van der Waals surface area contributed by atoms with E-state index in [2.05, 4.69) is 9.82 Å². The number of nitrogens with zero attached hydrogens (tertiary/aromatic N) is 2. The molecule has 0 saturated heterocycles. The third-order valence-electron chi connectivity index (χ3n) is 2.72. The van der Waals surface area contributed by atoms with Crippen LogP contribution in [0.4, 0.5) is 5.69 Å². The number of sulfonamides is 1. The van der Waals surface area contributed by atoms with Crippen molar-refractivity contribution in [3.05, 3.63) is 42.2 Å². The van der Waals surface area contributed by atoms with E-state index in [1.54, 1.807) is 16.8 Å². The number of hydrogen-bond acceptors (Lipinski definition) is 3. The molecule has 0 aliphatic carbocycles. The van der Waals surface area contributed by atoms with Gasteiger partial charge in [-0.25, -0.2) is 8.42 Å². The van der Waals surface area contributed by atoms with Crippen molar-refractivity contribution < 1.29 is 8.42 Å². The summed E-state index contributed by atoms with van der Waals surface area (Å²) in [5.41, 5.74) is 1.62. The Morgan fingerprint density at radius 1 is 1.21 bits per heavy atom. The smallest absolute Gasteiger partial charge is 0.265 e. The Morgan fingerprint density at radius 3 is 2.37 bits per heavy atom. The van der Waals surface area contributed by atoms with Crippen LogP contribution >= 0.6 is 0 Å². The number of anilines is 1. The molecule has 5 nitrogen and oxygen atoms in total. The molecule has 0 atom stereocenters. The second-order valence-corrected chi connectivity index (χ2v) is 6.40. The Hall–Kier alpha value is -1.82. The fraction of sp³-hybridized carbons (Fsp3) is 0.308. The van der Waals surface area contributed by atoms with Crippen LogP contribution in [0, 0.1) is 6.92 Å². The Balaban J connectivity index is 2.24. The van der Waals surface area contributed by atoms with Crippen LogP contribution in [0.25, 0.3) is 0 Å². The van der Waals surface area contributed by atoms with Crippen molar-refractivity contribution >= 4 is 15.7 Å². The molecular formula is C13H17N3O2S. The summed E-state index contributed by atoms with van der Waals surface area (Å²) in [5.74, 6) is 0. The zero-order valence-corrected chi connectivity index (χ0v) is 12.0. The van der Waals surface area contributed by atoms with Crippen molar-refractivity contribution in [1.29, 1.82) is 0 Å². The summed E-state index contributed by atoms with van der Waals surface area (Å²) in [4.78, 5) is 0.168. The first-order valence-corrected chi connectivity index (χ1v) is 7.50. The highest BCUT2D eigenvalue weighted by Crippen LogP contribution is 2.17. The van der Waals surface area contributed by atoms with E-state index in [0.717, 1.165) is 5.56 Å². The summed E-state index contributed by atoms with van der Waals surface area (Å²) in [6.45, 7) is 5.83. The molecule has 2 aromatic rings. The number of benzene rings is 1. The van der Waals surface area contributed by atoms with Crippen molar-refractivity contribution in [3.8, 4) is 0 Å². The van der Waals surface area contributed by atoms with Gasteiger partial charge in [-0.2, -0.15) is 5.10 Å². The van der Waals surface area contributed by atoms with E-state index in [-0.39, 0.29) is 10.9 Å². The molecule has 0 amide bonds. The van der Waals surface area contributed by atoms with Crippen molar-refractivity contribution in [2.45, 2.75) is 31.7 Å². The molecule has 102 valence electrons. The molecule has 0 spiro atoms. The van der Waals surface area contributed by atoms with Crippen LogP contribution in [0.1, 0.15) is 25.5 Å². The fourth-order valence-corrected chi connectivity index (χ4v) is 2.57.